The summed E-state index contributed by atoms with van der Waals surface area (Å²) in [5.74, 6) is 0. The first-order chi connectivity index (χ1) is 16.1. The standard InChI is InChI=1S/C21H19BrF3N3O3S3/c22-17-15-5-1-2-6-16(15)32-19(17)28(12-4-3-11-21(23,24)25)34(30,31)14-9-7-13(8-10-14)18-26-20(29)33-27-18/h1-2,5-10,18,27H,3-4,11-12H2,(H,26,29). The van der Waals surface area contributed by atoms with Crippen LogP contribution >= 0.6 is 39.2 Å². The molecule has 1 amide bonds. The summed E-state index contributed by atoms with van der Waals surface area (Å²) in [7, 11) is -4.07. The van der Waals surface area contributed by atoms with E-state index >= 15 is 0 Å². The van der Waals surface area contributed by atoms with Crippen molar-refractivity contribution >= 4 is 69.6 Å². The number of anilines is 1. The Balaban J connectivity index is 1.65. The first kappa shape index (κ1) is 25.3. The summed E-state index contributed by atoms with van der Waals surface area (Å²) in [5.41, 5.74) is 0.678. The molecule has 0 aliphatic carbocycles. The number of nitrogens with zero attached hydrogens (tertiary/aromatic N) is 1. The summed E-state index contributed by atoms with van der Waals surface area (Å²) in [4.78, 5) is 11.4. The van der Waals surface area contributed by atoms with Gasteiger partial charge < -0.3 is 5.32 Å². The Labute approximate surface area is 211 Å². The van der Waals surface area contributed by atoms with E-state index in [0.29, 0.717) is 15.0 Å². The molecule has 0 radical (unpaired) electrons. The van der Waals surface area contributed by atoms with Crippen LogP contribution in [0.5, 0.6) is 0 Å². The average molecular weight is 595 g/mol. The second-order valence-corrected chi connectivity index (χ2v) is 12.0. The van der Waals surface area contributed by atoms with Gasteiger partial charge >= 0.3 is 6.18 Å². The van der Waals surface area contributed by atoms with Gasteiger partial charge in [-0.1, -0.05) is 30.3 Å². The maximum absolute atomic E-state index is 13.6. The normalized spacial score (nSPS) is 16.7. The molecule has 182 valence electrons. The molecule has 0 spiro atoms. The van der Waals surface area contributed by atoms with Crippen LogP contribution in [0.4, 0.5) is 23.0 Å². The van der Waals surface area contributed by atoms with Gasteiger partial charge in [0.05, 0.1) is 9.37 Å². The molecule has 1 atom stereocenters. The number of hydrogen-bond donors (Lipinski definition) is 2. The second-order valence-electron chi connectivity index (χ2n) is 7.52. The Morgan fingerprint density at radius 3 is 2.38 bits per heavy atom. The predicted octanol–water partition coefficient (Wildman–Crippen LogP) is 6.55. The number of benzene rings is 2. The average Bonchev–Trinajstić information content (AvgIpc) is 3.36. The fraction of sp³-hybridized carbons (Fsp3) is 0.286. The van der Waals surface area contributed by atoms with Gasteiger partial charge in [0.2, 0.25) is 0 Å². The molecule has 1 aliphatic heterocycles. The summed E-state index contributed by atoms with van der Waals surface area (Å²) >= 11 is 5.67. The molecule has 0 bridgehead atoms. The molecular formula is C21H19BrF3N3O3S3. The lowest BCUT2D eigenvalue weighted by Crippen LogP contribution is -2.32. The van der Waals surface area contributed by atoms with Crippen molar-refractivity contribution in [2.75, 3.05) is 10.8 Å². The van der Waals surface area contributed by atoms with Gasteiger partial charge in [0.1, 0.15) is 11.2 Å². The van der Waals surface area contributed by atoms with Crippen LogP contribution in [-0.4, -0.2) is 26.4 Å². The zero-order valence-corrected chi connectivity index (χ0v) is 21.5. The summed E-state index contributed by atoms with van der Waals surface area (Å²) in [6.45, 7) is -0.0948. The highest BCUT2D eigenvalue weighted by Gasteiger charge is 2.31. The van der Waals surface area contributed by atoms with E-state index in [1.807, 2.05) is 24.3 Å². The minimum atomic E-state index is -4.29. The third-order valence-electron chi connectivity index (χ3n) is 5.15. The number of rotatable bonds is 8. The van der Waals surface area contributed by atoms with Crippen molar-refractivity contribution in [1.29, 1.82) is 0 Å². The van der Waals surface area contributed by atoms with E-state index in [4.69, 9.17) is 0 Å². The molecule has 3 aromatic rings. The molecule has 2 N–H and O–H groups in total. The first-order valence-electron chi connectivity index (χ1n) is 10.2. The molecule has 13 heteroatoms. The second kappa shape index (κ2) is 10.1. The Kier molecular flexibility index (Phi) is 7.48. The highest BCUT2D eigenvalue weighted by Crippen LogP contribution is 2.44. The smallest absolute Gasteiger partial charge is 0.326 e. The summed E-state index contributed by atoms with van der Waals surface area (Å²) < 4.78 is 70.7. The molecular weight excluding hydrogens is 575 g/mol. The maximum Gasteiger partial charge on any atom is 0.389 e. The van der Waals surface area contributed by atoms with Crippen LogP contribution in [0.3, 0.4) is 0 Å². The van der Waals surface area contributed by atoms with Gasteiger partial charge in [0.25, 0.3) is 15.3 Å². The SMILES string of the molecule is O=C1NC(c2ccc(S(=O)(=O)N(CCCCC(F)(F)F)c3sc4ccccc4c3Br)cc2)NS1. The van der Waals surface area contributed by atoms with Crippen LogP contribution in [0.1, 0.15) is 31.0 Å². The van der Waals surface area contributed by atoms with Gasteiger partial charge in [-0.05, 0) is 52.5 Å². The van der Waals surface area contributed by atoms with E-state index in [9.17, 15) is 26.4 Å². The van der Waals surface area contributed by atoms with Gasteiger partial charge in [0, 0.05) is 35.0 Å². The van der Waals surface area contributed by atoms with Crippen molar-refractivity contribution < 1.29 is 26.4 Å². The summed E-state index contributed by atoms with van der Waals surface area (Å²) in [5, 5.41) is 3.71. The number of nitrogens with one attached hydrogen (secondary N) is 2. The molecule has 2 heterocycles. The largest absolute Gasteiger partial charge is 0.389 e. The number of hydrogen-bond acceptors (Lipinski definition) is 6. The minimum Gasteiger partial charge on any atom is -0.326 e. The van der Waals surface area contributed by atoms with Crippen LogP contribution in [0.25, 0.3) is 10.1 Å². The van der Waals surface area contributed by atoms with E-state index in [1.54, 1.807) is 12.1 Å². The number of thiophene rings is 1. The Bertz CT molecular complexity index is 1300. The Morgan fingerprint density at radius 2 is 1.76 bits per heavy atom. The molecule has 6 nitrogen and oxygen atoms in total. The highest BCUT2D eigenvalue weighted by atomic mass is 79.9. The van der Waals surface area contributed by atoms with Crippen LogP contribution in [0, 0.1) is 0 Å². The zero-order valence-electron chi connectivity index (χ0n) is 17.4. The van der Waals surface area contributed by atoms with Crippen molar-refractivity contribution in [3.8, 4) is 0 Å². The first-order valence-corrected chi connectivity index (χ1v) is 14.0. The van der Waals surface area contributed by atoms with E-state index in [-0.39, 0.29) is 29.5 Å². The number of carbonyl (C=O) groups is 1. The third-order valence-corrected chi connectivity index (χ3v) is 9.99. The van der Waals surface area contributed by atoms with Crippen molar-refractivity contribution in [1.82, 2.24) is 10.0 Å². The third kappa shape index (κ3) is 5.54. The minimum absolute atomic E-state index is 0.00778. The fourth-order valence-corrected chi connectivity index (χ4v) is 7.97. The lowest BCUT2D eigenvalue weighted by Gasteiger charge is -2.24. The zero-order chi connectivity index (χ0) is 24.5. The van der Waals surface area contributed by atoms with Gasteiger partial charge in [-0.2, -0.15) is 13.2 Å². The number of fused-ring (bicyclic) bond motifs is 1. The molecule has 1 fully saturated rings. The Morgan fingerprint density at radius 1 is 1.06 bits per heavy atom. The molecule has 34 heavy (non-hydrogen) atoms. The lowest BCUT2D eigenvalue weighted by atomic mass is 10.2. The van der Waals surface area contributed by atoms with Gasteiger partial charge in [0.15, 0.2) is 0 Å². The quantitative estimate of drug-likeness (QED) is 0.229. The highest BCUT2D eigenvalue weighted by molar-refractivity contribution is 9.10. The van der Waals surface area contributed by atoms with Crippen LogP contribution < -0.4 is 14.3 Å². The van der Waals surface area contributed by atoms with Crippen molar-refractivity contribution in [3.05, 3.63) is 58.6 Å². The molecule has 4 rings (SSSR count). The van der Waals surface area contributed by atoms with E-state index in [0.717, 1.165) is 22.0 Å². The monoisotopic (exact) mass is 593 g/mol. The number of carbonyl (C=O) groups excluding carboxylic acids is 1. The van der Waals surface area contributed by atoms with Gasteiger partial charge in [-0.3, -0.25) is 9.10 Å². The van der Waals surface area contributed by atoms with Gasteiger partial charge in [-0.25, -0.2) is 13.1 Å². The summed E-state index contributed by atoms with van der Waals surface area (Å²) in [6, 6.07) is 13.4. The van der Waals surface area contributed by atoms with Crippen molar-refractivity contribution in [3.63, 3.8) is 0 Å². The number of amides is 1. The molecule has 2 aromatic carbocycles. The molecule has 1 aliphatic rings. The fourth-order valence-electron chi connectivity index (χ4n) is 3.47. The summed E-state index contributed by atoms with van der Waals surface area (Å²) in [6.07, 6.45) is -5.83. The van der Waals surface area contributed by atoms with Crippen LogP contribution in [0.15, 0.2) is 57.9 Å². The number of halogens is 4. The molecule has 1 aromatic heterocycles. The number of unbranched alkanes of at least 4 members (excludes halogenated alkanes) is 1. The van der Waals surface area contributed by atoms with E-state index in [2.05, 4.69) is 26.0 Å². The van der Waals surface area contributed by atoms with E-state index in [1.165, 1.54) is 27.8 Å². The maximum atomic E-state index is 13.6. The number of alkyl halides is 3. The lowest BCUT2D eigenvalue weighted by molar-refractivity contribution is -0.135. The van der Waals surface area contributed by atoms with Gasteiger partial charge in [-0.15, -0.1) is 11.3 Å². The van der Waals surface area contributed by atoms with Crippen LogP contribution in [0.2, 0.25) is 0 Å². The number of sulfonamides is 1. The molecule has 0 saturated carbocycles. The van der Waals surface area contributed by atoms with E-state index < -0.39 is 28.8 Å². The van der Waals surface area contributed by atoms with Crippen molar-refractivity contribution in [2.24, 2.45) is 0 Å². The topological polar surface area (TPSA) is 78.5 Å². The predicted molar refractivity (Wildman–Crippen MR) is 132 cm³/mol. The Hall–Kier alpha value is -1.80. The molecule has 1 unspecified atom stereocenters. The van der Waals surface area contributed by atoms with Crippen LogP contribution in [-0.2, 0) is 10.0 Å². The molecule has 1 saturated heterocycles. The van der Waals surface area contributed by atoms with Crippen molar-refractivity contribution in [2.45, 2.75) is 36.5 Å².